The molecular weight excluding hydrogens is 1780 g/mol. The second-order valence-electron chi connectivity index (χ2n) is 25.4. The molecule has 634 valence electrons. The van der Waals surface area contributed by atoms with E-state index in [1.54, 1.807) is 105 Å². The number of Topliss-reactive ketones (excluding diaryl/α,β-unsaturated/α-hetero) is 1. The molecule has 7 N–H and O–H groups in total. The van der Waals surface area contributed by atoms with Crippen LogP contribution in [0.1, 0.15) is 71.5 Å². The lowest BCUT2D eigenvalue weighted by atomic mass is 9.95. The quantitative estimate of drug-likeness (QED) is 0.0131. The van der Waals surface area contributed by atoms with Crippen molar-refractivity contribution in [1.82, 2.24) is 69.4 Å². The molecule has 48 heteroatoms. The van der Waals surface area contributed by atoms with E-state index in [2.05, 4.69) is 111 Å². The van der Waals surface area contributed by atoms with E-state index in [1.807, 2.05) is 57.7 Å². The molecule has 1 fully saturated rings. The van der Waals surface area contributed by atoms with Gasteiger partial charge in [0.2, 0.25) is 17.5 Å². The molecule has 13 heterocycles. The van der Waals surface area contributed by atoms with Gasteiger partial charge >= 0.3 is 35.9 Å². The van der Waals surface area contributed by atoms with Gasteiger partial charge in [-0.3, -0.25) is 33.7 Å². The number of H-pyrrole nitrogens is 1. The SMILES string of the molecule is CCn1ncc2cc(N)ccc21.CCn1ncc2cc(Nc3nc(C(F)(F)F)nc4c3CCN(c3ncccc3Cl)C4)ccc21.COC(=O)C1CCN(c2ncccc2Cl)CC1=O.FC(F)(F)c1nc(Cl)c2c(n1)CN(c1ncccc1Cl)CC2.N=C(N)C(F)(F)F.O=P(Cl)(Cl)Cl.O=c1[nH]c(C(F)(F)F)nc2c1CCN(c1ncccc1Cl)C2. The molecule has 1 saturated heterocycles. The number of esters is 1. The first-order chi connectivity index (χ1) is 55.9. The lowest BCUT2D eigenvalue weighted by Crippen LogP contribution is -2.44. The van der Waals surface area contributed by atoms with Gasteiger partial charge in [0.15, 0.2) is 11.6 Å². The fourth-order valence-electron chi connectivity index (χ4n) is 12.0. The Morgan fingerprint density at radius 2 is 0.975 bits per heavy atom. The number of alkyl halides is 12. The number of nitrogens with two attached hydrogens (primary N) is 2. The highest BCUT2D eigenvalue weighted by Crippen LogP contribution is 2.61. The molecule has 0 radical (unpaired) electrons. The number of aromatic amines is 1. The van der Waals surface area contributed by atoms with Crippen LogP contribution in [0.5, 0.6) is 0 Å². The summed E-state index contributed by atoms with van der Waals surface area (Å²) >= 11 is 44.1. The number of aromatic nitrogens is 14. The highest BCUT2D eigenvalue weighted by Gasteiger charge is 2.41. The van der Waals surface area contributed by atoms with E-state index >= 15 is 0 Å². The number of halogens is 20. The largest absolute Gasteiger partial charge is 0.468 e. The van der Waals surface area contributed by atoms with Crippen molar-refractivity contribution in [1.29, 1.82) is 5.41 Å². The molecular formula is C71H65Cl8F12N22O5P. The zero-order valence-electron chi connectivity index (χ0n) is 61.8. The standard InChI is InChI=1S/C22H19ClF3N7.C13H9Cl2F3N4.C13H10ClF3N4O.C12H13ClN2O3.C9H11N3.C2H3F3N2.Cl3OP/c1-2-33-18-6-5-14(10-13(18)11-28-33)29-19-15-7-9-32(20-16(23)4-3-8-27-20)12-17(15)30-21(31-19)22(24,25)26;14-8-2-1-4-19-11(8)22-5-3-7-9(6-22)20-12(13(16,17)18)21-10(7)15;14-8-2-1-4-18-10(8)21-5-3-7-9(6-21)19-12(13(15,16)17)20-11(7)22;1-18-12(17)8-4-6-15(7-10(8)16)11-9(13)3-2-5-14-11;1-2-12-9-4-3-8(10)5-7(9)6-11-12;3-2(4,5)1(6)7;1-5(2,3)4/h3-6,8,10-11H,2,7,9,12H2,1H3,(H,29,30,31);1-2,4H,3,5-6H2;1-2,4H,3,5-6H2,(H,19,20,22);2-3,5,8H,4,6-7H2,1H3;3-6H,2,10H2,1H3;(H3,6,7);. The van der Waals surface area contributed by atoms with E-state index in [0.29, 0.717) is 111 Å². The van der Waals surface area contributed by atoms with Crippen LogP contribution >= 0.6 is 96.9 Å². The average molecular weight is 1850 g/mol. The summed E-state index contributed by atoms with van der Waals surface area (Å²) < 4.78 is 168. The fraction of sp³-hybridized carbons (Fsp3) is 0.310. The summed E-state index contributed by atoms with van der Waals surface area (Å²) in [7, 11) is 1.29. The van der Waals surface area contributed by atoms with Gasteiger partial charge in [-0.1, -0.05) is 58.0 Å². The zero-order valence-corrected chi connectivity index (χ0v) is 68.8. The monoisotopic (exact) mass is 1840 g/mol. The number of anilines is 7. The summed E-state index contributed by atoms with van der Waals surface area (Å²) in [4.78, 5) is 78.9. The second kappa shape index (κ2) is 40.0. The van der Waals surface area contributed by atoms with Crippen molar-refractivity contribution in [3.8, 4) is 0 Å². The number of nitrogen functional groups attached to an aromatic ring is 1. The summed E-state index contributed by atoms with van der Waals surface area (Å²) in [6.07, 6.45) is -7.15. The third kappa shape index (κ3) is 25.1. The topological polar surface area (TPSA) is 346 Å². The molecule has 27 nitrogen and oxygen atoms in total. The number of amidine groups is 1. The number of ether oxygens (including phenoxy) is 1. The summed E-state index contributed by atoms with van der Waals surface area (Å²) in [6.45, 7) is 8.21. The number of benzene rings is 2. The number of nitrogens with one attached hydrogen (secondary N) is 3. The van der Waals surface area contributed by atoms with Gasteiger partial charge in [-0.25, -0.2) is 44.9 Å². The number of pyridine rings is 4. The van der Waals surface area contributed by atoms with Crippen LogP contribution in [-0.2, 0) is 89.4 Å². The summed E-state index contributed by atoms with van der Waals surface area (Å²) in [5.74, 6) is -4.51. The summed E-state index contributed by atoms with van der Waals surface area (Å²) in [5, 5.41) is 17.8. The van der Waals surface area contributed by atoms with E-state index in [0.717, 1.165) is 40.6 Å². The number of hydrogen-bond donors (Lipinski definition) is 5. The number of fused-ring (bicyclic) bond motifs is 5. The molecule has 0 amide bonds. The number of ketones is 1. The number of carbonyl (C=O) groups excluding carboxylic acids is 2. The number of piperidine rings is 1. The molecule has 119 heavy (non-hydrogen) atoms. The maximum atomic E-state index is 13.6. The van der Waals surface area contributed by atoms with Crippen molar-refractivity contribution in [2.24, 2.45) is 11.7 Å². The number of methoxy groups -OCH3 is 1. The van der Waals surface area contributed by atoms with E-state index < -0.39 is 70.7 Å². The van der Waals surface area contributed by atoms with E-state index in [1.165, 1.54) is 7.11 Å². The van der Waals surface area contributed by atoms with Crippen LogP contribution in [0.25, 0.3) is 21.8 Å². The Balaban J connectivity index is 0.000000168. The van der Waals surface area contributed by atoms with Crippen LogP contribution in [0.2, 0.25) is 25.2 Å². The van der Waals surface area contributed by atoms with Gasteiger partial charge < -0.3 is 46.1 Å². The molecule has 4 aliphatic heterocycles. The summed E-state index contributed by atoms with van der Waals surface area (Å²) in [6, 6.07) is 24.9. The number of rotatable bonds is 9. The van der Waals surface area contributed by atoms with Crippen LogP contribution in [0.15, 0.2) is 127 Å². The zero-order chi connectivity index (χ0) is 87.2. The Kier molecular flexibility index (Phi) is 31.3. The second-order valence-corrected chi connectivity index (χ2v) is 34.0. The molecule has 1 atom stereocenters. The van der Waals surface area contributed by atoms with Crippen LogP contribution in [0.3, 0.4) is 0 Å². The Morgan fingerprint density at radius 3 is 1.39 bits per heavy atom. The van der Waals surface area contributed by atoms with Gasteiger partial charge in [0.1, 0.15) is 40.2 Å². The molecule has 4 aliphatic rings. The first-order valence-electron chi connectivity index (χ1n) is 34.8. The van der Waals surface area contributed by atoms with Crippen molar-refractivity contribution < 1.29 is 71.6 Å². The smallest absolute Gasteiger partial charge is 0.451 e. The molecule has 2 aromatic carbocycles. The van der Waals surface area contributed by atoms with Crippen LogP contribution < -0.4 is 41.9 Å². The lowest BCUT2D eigenvalue weighted by molar-refractivity contribution is -0.150. The average Bonchev–Trinajstić information content (AvgIpc) is 1.34. The first-order valence-corrected chi connectivity index (χ1v) is 41.1. The minimum atomic E-state index is -4.70. The third-order valence-corrected chi connectivity index (χ3v) is 19.0. The Labute approximate surface area is 706 Å². The first kappa shape index (κ1) is 93.0. The van der Waals surface area contributed by atoms with Gasteiger partial charge in [0, 0.05) is 103 Å². The highest BCUT2D eigenvalue weighted by atomic mass is 36.0. The Morgan fingerprint density at radius 1 is 0.571 bits per heavy atom. The van der Waals surface area contributed by atoms with Crippen LogP contribution in [0, 0.1) is 11.3 Å². The molecule has 1 unspecified atom stereocenters. The van der Waals surface area contributed by atoms with E-state index in [4.69, 9.17) is 69.1 Å². The van der Waals surface area contributed by atoms with Gasteiger partial charge in [0.25, 0.3) is 5.56 Å². The Hall–Kier alpha value is -9.86. The summed E-state index contributed by atoms with van der Waals surface area (Å²) in [5.41, 5.74) is 14.5. The fourth-order valence-corrected chi connectivity index (χ4v) is 13.3. The van der Waals surface area contributed by atoms with E-state index in [-0.39, 0.29) is 66.3 Å². The number of aryl methyl sites for hydroxylation is 2. The van der Waals surface area contributed by atoms with Gasteiger partial charge in [0.05, 0.1) is 93.9 Å². The molecule has 0 aliphatic carbocycles. The van der Waals surface area contributed by atoms with Gasteiger partial charge in [-0.2, -0.15) is 62.9 Å². The minimum Gasteiger partial charge on any atom is -0.468 e. The van der Waals surface area contributed by atoms with E-state index in [9.17, 15) is 71.6 Å². The van der Waals surface area contributed by atoms with Crippen molar-refractivity contribution in [3.63, 3.8) is 0 Å². The molecule has 11 aromatic rings. The van der Waals surface area contributed by atoms with Crippen LogP contribution in [-0.4, -0.2) is 133 Å². The minimum absolute atomic E-state index is 0.0546. The Bertz CT molecular complexity index is 5570. The van der Waals surface area contributed by atoms with Crippen molar-refractivity contribution in [2.45, 2.75) is 97.0 Å². The van der Waals surface area contributed by atoms with Crippen molar-refractivity contribution >= 4 is 177 Å². The number of nitrogens with zero attached hydrogens (tertiary/aromatic N) is 17. The maximum absolute atomic E-state index is 13.6. The van der Waals surface area contributed by atoms with Gasteiger partial charge in [-0.15, -0.1) is 0 Å². The predicted octanol–water partition coefficient (Wildman–Crippen LogP) is 17.6. The van der Waals surface area contributed by atoms with Crippen molar-refractivity contribution in [2.75, 3.05) is 70.5 Å². The molecule has 9 aromatic heterocycles. The maximum Gasteiger partial charge on any atom is 0.451 e. The van der Waals surface area contributed by atoms with Crippen molar-refractivity contribution in [3.05, 3.63) is 209 Å². The molecule has 15 rings (SSSR count). The third-order valence-electron chi connectivity index (χ3n) is 17.5. The predicted molar refractivity (Wildman–Crippen MR) is 429 cm³/mol. The van der Waals surface area contributed by atoms with Gasteiger partial charge in [-0.05, 0) is 158 Å². The van der Waals surface area contributed by atoms with Crippen LogP contribution in [0.4, 0.5) is 93.1 Å². The molecule has 0 bridgehead atoms. The number of hydrogen-bond acceptors (Lipinski definition) is 23. The highest BCUT2D eigenvalue weighted by molar-refractivity contribution is 8.24. The number of carbonyl (C=O) groups is 2. The lowest BCUT2D eigenvalue weighted by Gasteiger charge is -2.31. The molecule has 0 saturated carbocycles. The normalized spacial score (nSPS) is 14.6. The molecule has 0 spiro atoms.